The Kier molecular flexibility index (Phi) is 10.9. The molecule has 0 aromatic rings. The van der Waals surface area contributed by atoms with Crippen molar-refractivity contribution in [3.05, 3.63) is 0 Å². The number of aliphatic hydroxyl groups excluding tert-OH is 1. The lowest BCUT2D eigenvalue weighted by atomic mass is 10.1. The fourth-order valence-electron chi connectivity index (χ4n) is 1.75. The molecule has 0 heterocycles. The Labute approximate surface area is 107 Å². The Morgan fingerprint density at radius 2 is 1.82 bits per heavy atom. The average Bonchev–Trinajstić information content (AvgIpc) is 2.29. The van der Waals surface area contributed by atoms with Gasteiger partial charge < -0.3 is 15.2 Å². The van der Waals surface area contributed by atoms with E-state index in [-0.39, 0.29) is 6.10 Å². The SMILES string of the molecule is CCC(CC)NCC(O)COCCCC(C)C. The van der Waals surface area contributed by atoms with Gasteiger partial charge in [0.2, 0.25) is 0 Å². The van der Waals surface area contributed by atoms with Crippen molar-refractivity contribution in [3.8, 4) is 0 Å². The van der Waals surface area contributed by atoms with E-state index in [0.717, 1.165) is 31.8 Å². The molecule has 104 valence electrons. The molecule has 0 aliphatic rings. The van der Waals surface area contributed by atoms with E-state index in [0.29, 0.717) is 19.2 Å². The third-order valence-electron chi connectivity index (χ3n) is 3.01. The first kappa shape index (κ1) is 16.9. The summed E-state index contributed by atoms with van der Waals surface area (Å²) in [5, 5.41) is 13.1. The third-order valence-corrected chi connectivity index (χ3v) is 3.01. The molecule has 0 saturated heterocycles. The van der Waals surface area contributed by atoms with Crippen LogP contribution in [-0.2, 0) is 4.74 Å². The lowest BCUT2D eigenvalue weighted by Crippen LogP contribution is -2.36. The normalized spacial score (nSPS) is 13.6. The maximum Gasteiger partial charge on any atom is 0.0897 e. The number of ether oxygens (including phenoxy) is 1. The van der Waals surface area contributed by atoms with E-state index >= 15 is 0 Å². The number of rotatable bonds is 11. The smallest absolute Gasteiger partial charge is 0.0897 e. The van der Waals surface area contributed by atoms with Gasteiger partial charge in [-0.15, -0.1) is 0 Å². The highest BCUT2D eigenvalue weighted by Crippen LogP contribution is 2.03. The molecule has 0 aromatic heterocycles. The zero-order valence-electron chi connectivity index (χ0n) is 12.0. The van der Waals surface area contributed by atoms with Gasteiger partial charge in [-0.3, -0.25) is 0 Å². The molecule has 0 aliphatic heterocycles. The van der Waals surface area contributed by atoms with Crippen molar-refractivity contribution in [2.75, 3.05) is 19.8 Å². The summed E-state index contributed by atoms with van der Waals surface area (Å²) in [6, 6.07) is 0.519. The van der Waals surface area contributed by atoms with Crippen LogP contribution in [0.4, 0.5) is 0 Å². The fraction of sp³-hybridized carbons (Fsp3) is 1.00. The topological polar surface area (TPSA) is 41.5 Å². The predicted octanol–water partition coefficient (Wildman–Crippen LogP) is 2.58. The van der Waals surface area contributed by atoms with E-state index in [9.17, 15) is 5.11 Å². The minimum Gasteiger partial charge on any atom is -0.389 e. The molecule has 0 fully saturated rings. The van der Waals surface area contributed by atoms with Crippen molar-refractivity contribution >= 4 is 0 Å². The summed E-state index contributed by atoms with van der Waals surface area (Å²) in [6.07, 6.45) is 4.12. The second-order valence-corrected chi connectivity index (χ2v) is 5.19. The van der Waals surface area contributed by atoms with Gasteiger partial charge in [-0.25, -0.2) is 0 Å². The van der Waals surface area contributed by atoms with E-state index in [2.05, 4.69) is 33.0 Å². The van der Waals surface area contributed by atoms with Crippen molar-refractivity contribution in [3.63, 3.8) is 0 Å². The Balaban J connectivity index is 3.37. The van der Waals surface area contributed by atoms with Gasteiger partial charge in [-0.05, 0) is 31.6 Å². The molecule has 0 bridgehead atoms. The maximum atomic E-state index is 9.71. The fourth-order valence-corrected chi connectivity index (χ4v) is 1.75. The van der Waals surface area contributed by atoms with Gasteiger partial charge in [0.15, 0.2) is 0 Å². The van der Waals surface area contributed by atoms with Crippen LogP contribution in [0.3, 0.4) is 0 Å². The van der Waals surface area contributed by atoms with Crippen LogP contribution in [0, 0.1) is 5.92 Å². The summed E-state index contributed by atoms with van der Waals surface area (Å²) < 4.78 is 5.46. The molecule has 2 N–H and O–H groups in total. The van der Waals surface area contributed by atoms with Gasteiger partial charge in [0, 0.05) is 19.2 Å². The quantitative estimate of drug-likeness (QED) is 0.550. The van der Waals surface area contributed by atoms with E-state index in [1.807, 2.05) is 0 Å². The van der Waals surface area contributed by atoms with Gasteiger partial charge in [0.05, 0.1) is 12.7 Å². The van der Waals surface area contributed by atoms with Gasteiger partial charge >= 0.3 is 0 Å². The molecule has 17 heavy (non-hydrogen) atoms. The van der Waals surface area contributed by atoms with Crippen LogP contribution in [0.5, 0.6) is 0 Å². The summed E-state index contributed by atoms with van der Waals surface area (Å²) >= 11 is 0. The average molecular weight is 245 g/mol. The lowest BCUT2D eigenvalue weighted by Gasteiger charge is -2.18. The highest BCUT2D eigenvalue weighted by molar-refractivity contribution is 4.66. The second-order valence-electron chi connectivity index (χ2n) is 5.19. The van der Waals surface area contributed by atoms with Crippen molar-refractivity contribution in [1.29, 1.82) is 0 Å². The number of hydrogen-bond acceptors (Lipinski definition) is 3. The van der Waals surface area contributed by atoms with Gasteiger partial charge in [0.1, 0.15) is 0 Å². The van der Waals surface area contributed by atoms with E-state index in [4.69, 9.17) is 4.74 Å². The van der Waals surface area contributed by atoms with E-state index in [1.54, 1.807) is 0 Å². The van der Waals surface area contributed by atoms with Crippen LogP contribution in [0.1, 0.15) is 53.4 Å². The molecular formula is C14H31NO2. The largest absolute Gasteiger partial charge is 0.389 e. The highest BCUT2D eigenvalue weighted by Gasteiger charge is 2.07. The highest BCUT2D eigenvalue weighted by atomic mass is 16.5. The van der Waals surface area contributed by atoms with Crippen LogP contribution in [0.25, 0.3) is 0 Å². The Hall–Kier alpha value is -0.120. The molecule has 0 aliphatic carbocycles. The molecule has 0 amide bonds. The minimum absolute atomic E-state index is 0.380. The van der Waals surface area contributed by atoms with Gasteiger partial charge in [-0.2, -0.15) is 0 Å². The lowest BCUT2D eigenvalue weighted by molar-refractivity contribution is 0.0333. The number of nitrogens with one attached hydrogen (secondary N) is 1. The van der Waals surface area contributed by atoms with Gasteiger partial charge in [-0.1, -0.05) is 27.7 Å². The van der Waals surface area contributed by atoms with Crippen molar-refractivity contribution < 1.29 is 9.84 Å². The molecule has 0 saturated carbocycles. The van der Waals surface area contributed by atoms with Crippen LogP contribution >= 0.6 is 0 Å². The first-order chi connectivity index (χ1) is 8.10. The molecule has 1 atom stereocenters. The zero-order valence-corrected chi connectivity index (χ0v) is 12.0. The minimum atomic E-state index is -0.380. The number of hydrogen-bond donors (Lipinski definition) is 2. The first-order valence-electron chi connectivity index (χ1n) is 7.09. The molecule has 0 radical (unpaired) electrons. The molecule has 3 nitrogen and oxygen atoms in total. The molecular weight excluding hydrogens is 214 g/mol. The van der Waals surface area contributed by atoms with Gasteiger partial charge in [0.25, 0.3) is 0 Å². The molecule has 3 heteroatoms. The summed E-state index contributed by atoms with van der Waals surface area (Å²) in [4.78, 5) is 0. The predicted molar refractivity (Wildman–Crippen MR) is 73.3 cm³/mol. The van der Waals surface area contributed by atoms with Crippen LogP contribution in [-0.4, -0.2) is 37.0 Å². The van der Waals surface area contributed by atoms with Crippen LogP contribution < -0.4 is 5.32 Å². The monoisotopic (exact) mass is 245 g/mol. The number of aliphatic hydroxyl groups is 1. The van der Waals surface area contributed by atoms with E-state index < -0.39 is 0 Å². The summed E-state index contributed by atoms with van der Waals surface area (Å²) in [7, 11) is 0. The standard InChI is InChI=1S/C14H31NO2/c1-5-13(6-2)15-10-14(16)11-17-9-7-8-12(3)4/h12-16H,5-11H2,1-4H3. The third kappa shape index (κ3) is 10.7. The van der Waals surface area contributed by atoms with Crippen LogP contribution in [0.15, 0.2) is 0 Å². The van der Waals surface area contributed by atoms with Crippen molar-refractivity contribution in [2.24, 2.45) is 5.92 Å². The molecule has 0 rings (SSSR count). The zero-order chi connectivity index (χ0) is 13.1. The summed E-state index contributed by atoms with van der Waals surface area (Å²) in [5.41, 5.74) is 0. The van der Waals surface area contributed by atoms with Crippen LogP contribution in [0.2, 0.25) is 0 Å². The Morgan fingerprint density at radius 3 is 2.35 bits per heavy atom. The van der Waals surface area contributed by atoms with E-state index in [1.165, 1.54) is 6.42 Å². The summed E-state index contributed by atoms with van der Waals surface area (Å²) in [6.45, 7) is 10.6. The Morgan fingerprint density at radius 1 is 1.18 bits per heavy atom. The summed E-state index contributed by atoms with van der Waals surface area (Å²) in [5.74, 6) is 0.736. The second kappa shape index (κ2) is 11.0. The van der Waals surface area contributed by atoms with Crippen molar-refractivity contribution in [2.45, 2.75) is 65.5 Å². The first-order valence-corrected chi connectivity index (χ1v) is 7.09. The Bertz CT molecular complexity index is 158. The van der Waals surface area contributed by atoms with Crippen molar-refractivity contribution in [1.82, 2.24) is 5.32 Å². The molecule has 0 spiro atoms. The molecule has 1 unspecified atom stereocenters. The maximum absolute atomic E-state index is 9.71. The molecule has 0 aromatic carbocycles.